The van der Waals surface area contributed by atoms with Crippen molar-refractivity contribution >= 4 is 33.2 Å². The molecule has 3 heterocycles. The Morgan fingerprint density at radius 1 is 1.29 bits per heavy atom. The van der Waals surface area contributed by atoms with E-state index in [1.807, 2.05) is 41.3 Å². The lowest BCUT2D eigenvalue weighted by atomic mass is 10.2. The van der Waals surface area contributed by atoms with Crippen molar-refractivity contribution in [2.75, 3.05) is 5.32 Å². The van der Waals surface area contributed by atoms with Crippen LogP contribution in [0.1, 0.15) is 24.3 Å². The summed E-state index contributed by atoms with van der Waals surface area (Å²) in [5, 5.41) is 10.9. The van der Waals surface area contributed by atoms with Crippen molar-refractivity contribution < 1.29 is 0 Å². The average Bonchev–Trinajstić information content (AvgIpc) is 2.97. The molecule has 1 atom stereocenters. The Morgan fingerprint density at radius 3 is 2.81 bits per heavy atom. The number of aryl methyl sites for hydroxylation is 1. The number of hydrogen-bond donors (Lipinski definition) is 1. The van der Waals surface area contributed by atoms with Gasteiger partial charge in [0.15, 0.2) is 12.0 Å². The van der Waals surface area contributed by atoms with Gasteiger partial charge in [-0.05, 0) is 19.1 Å². The summed E-state index contributed by atoms with van der Waals surface area (Å²) in [6.07, 6.45) is 0.00689. The van der Waals surface area contributed by atoms with Crippen LogP contribution in [-0.2, 0) is 0 Å². The van der Waals surface area contributed by atoms with Crippen LogP contribution in [0, 0.1) is 6.92 Å². The highest BCUT2D eigenvalue weighted by Gasteiger charge is 2.32. The second kappa shape index (κ2) is 5.23. The fourth-order valence-corrected chi connectivity index (χ4v) is 3.43. The molecule has 21 heavy (non-hydrogen) atoms. The van der Waals surface area contributed by atoms with Gasteiger partial charge in [-0.2, -0.15) is 4.98 Å². The molecule has 4 rings (SSSR count). The van der Waals surface area contributed by atoms with E-state index < -0.39 is 0 Å². The fourth-order valence-electron chi connectivity index (χ4n) is 2.14. The van der Waals surface area contributed by atoms with E-state index in [2.05, 4.69) is 36.3 Å². The van der Waals surface area contributed by atoms with Crippen LogP contribution in [0.15, 0.2) is 34.1 Å². The van der Waals surface area contributed by atoms with E-state index in [0.717, 1.165) is 32.5 Å². The predicted molar refractivity (Wildman–Crippen MR) is 88.5 cm³/mol. The smallest absolute Gasteiger partial charge is 0.226 e. The number of rotatable bonds is 2. The van der Waals surface area contributed by atoms with Gasteiger partial charge in [0.25, 0.3) is 0 Å². The van der Waals surface area contributed by atoms with Gasteiger partial charge in [-0.3, -0.25) is 0 Å². The van der Waals surface area contributed by atoms with Crippen molar-refractivity contribution in [3.63, 3.8) is 0 Å². The molecule has 1 aliphatic heterocycles. The Hall–Kier alpha value is -1.73. The van der Waals surface area contributed by atoms with Gasteiger partial charge in [-0.1, -0.05) is 35.5 Å². The molecule has 5 nitrogen and oxygen atoms in total. The lowest BCUT2D eigenvalue weighted by Gasteiger charge is -2.26. The number of fused-ring (bicyclic) bond motifs is 1. The number of nitrogens with zero attached hydrogens (tertiary/aromatic N) is 4. The van der Waals surface area contributed by atoms with Gasteiger partial charge in [0, 0.05) is 21.1 Å². The highest BCUT2D eigenvalue weighted by molar-refractivity contribution is 9.10. The molecule has 0 amide bonds. The van der Waals surface area contributed by atoms with Crippen LogP contribution >= 0.6 is 27.3 Å². The van der Waals surface area contributed by atoms with Crippen molar-refractivity contribution in [3.8, 4) is 11.4 Å². The van der Waals surface area contributed by atoms with Crippen LogP contribution in [0.5, 0.6) is 0 Å². The van der Waals surface area contributed by atoms with E-state index in [9.17, 15) is 0 Å². The second-order valence-corrected chi connectivity index (χ2v) is 6.30. The predicted octanol–water partition coefficient (Wildman–Crippen LogP) is 4.08. The van der Waals surface area contributed by atoms with E-state index in [1.54, 1.807) is 11.3 Å². The van der Waals surface area contributed by atoms with E-state index in [-0.39, 0.29) is 13.6 Å². The molecule has 0 saturated heterocycles. The SMILES string of the molecule is C.Cc1csc(C2Nc3nc(-c4ccccc4Br)nn32)n1. The minimum atomic E-state index is 0. The van der Waals surface area contributed by atoms with Gasteiger partial charge >= 0.3 is 0 Å². The van der Waals surface area contributed by atoms with Crippen LogP contribution in [0.4, 0.5) is 5.95 Å². The Morgan fingerprint density at radius 2 is 2.10 bits per heavy atom. The highest BCUT2D eigenvalue weighted by atomic mass is 79.9. The van der Waals surface area contributed by atoms with Crippen molar-refractivity contribution in [3.05, 3.63) is 44.8 Å². The monoisotopic (exact) mass is 363 g/mol. The second-order valence-electron chi connectivity index (χ2n) is 4.56. The number of benzene rings is 1. The first-order chi connectivity index (χ1) is 9.72. The summed E-state index contributed by atoms with van der Waals surface area (Å²) in [4.78, 5) is 8.99. The van der Waals surface area contributed by atoms with Crippen LogP contribution in [-0.4, -0.2) is 19.7 Å². The Labute approximate surface area is 135 Å². The lowest BCUT2D eigenvalue weighted by molar-refractivity contribution is 0.508. The average molecular weight is 364 g/mol. The summed E-state index contributed by atoms with van der Waals surface area (Å²) >= 11 is 5.16. The molecule has 3 aromatic rings. The molecule has 0 saturated carbocycles. The summed E-state index contributed by atoms with van der Waals surface area (Å²) in [6.45, 7) is 1.99. The summed E-state index contributed by atoms with van der Waals surface area (Å²) in [5.74, 6) is 1.50. The maximum atomic E-state index is 4.57. The van der Waals surface area contributed by atoms with E-state index in [4.69, 9.17) is 0 Å². The van der Waals surface area contributed by atoms with Crippen molar-refractivity contribution in [1.29, 1.82) is 0 Å². The van der Waals surface area contributed by atoms with Crippen LogP contribution in [0.3, 0.4) is 0 Å². The normalized spacial score (nSPS) is 15.6. The number of halogens is 1. The first kappa shape index (κ1) is 14.2. The maximum Gasteiger partial charge on any atom is 0.226 e. The van der Waals surface area contributed by atoms with Crippen LogP contribution < -0.4 is 5.32 Å². The summed E-state index contributed by atoms with van der Waals surface area (Å²) in [7, 11) is 0. The van der Waals surface area contributed by atoms with Crippen LogP contribution in [0.2, 0.25) is 0 Å². The van der Waals surface area contributed by atoms with Crippen molar-refractivity contribution in [1.82, 2.24) is 19.7 Å². The first-order valence-electron chi connectivity index (χ1n) is 6.12. The molecule has 0 fully saturated rings. The van der Waals surface area contributed by atoms with Gasteiger partial charge in [0.1, 0.15) is 5.01 Å². The molecule has 0 aliphatic carbocycles. The zero-order valence-corrected chi connectivity index (χ0v) is 12.9. The third-order valence-electron chi connectivity index (χ3n) is 3.13. The topological polar surface area (TPSA) is 55.6 Å². The molecule has 0 spiro atoms. The van der Waals surface area contributed by atoms with Gasteiger partial charge in [-0.15, -0.1) is 16.4 Å². The molecule has 1 unspecified atom stereocenters. The standard InChI is InChI=1S/C13H10BrN5S.CH4/c1-7-6-20-12(15-7)11-17-13-16-10(18-19(11)13)8-4-2-3-5-9(8)14;/h2-6,11H,1H3,(H,16,17,18);1H4. The number of nitrogens with one attached hydrogen (secondary N) is 1. The van der Waals surface area contributed by atoms with E-state index >= 15 is 0 Å². The Bertz CT molecular complexity index is 794. The minimum Gasteiger partial charge on any atom is -0.327 e. The number of aromatic nitrogens is 4. The Kier molecular flexibility index (Phi) is 3.54. The maximum absolute atomic E-state index is 4.57. The molecular formula is C14H14BrN5S. The fraction of sp³-hybridized carbons (Fsp3) is 0.214. The number of thiazole rings is 1. The molecule has 0 radical (unpaired) electrons. The van der Waals surface area contributed by atoms with E-state index in [1.165, 1.54) is 0 Å². The van der Waals surface area contributed by atoms with Crippen LogP contribution in [0.25, 0.3) is 11.4 Å². The lowest BCUT2D eigenvalue weighted by Crippen LogP contribution is -2.32. The number of anilines is 1. The summed E-state index contributed by atoms with van der Waals surface area (Å²) in [6, 6.07) is 7.95. The molecule has 2 aromatic heterocycles. The zero-order chi connectivity index (χ0) is 13.7. The minimum absolute atomic E-state index is 0. The molecule has 1 aromatic carbocycles. The van der Waals surface area contributed by atoms with Gasteiger partial charge in [0.2, 0.25) is 5.95 Å². The van der Waals surface area contributed by atoms with Gasteiger partial charge in [-0.25, -0.2) is 9.67 Å². The molecule has 1 N–H and O–H groups in total. The third-order valence-corrected chi connectivity index (χ3v) is 4.83. The van der Waals surface area contributed by atoms with E-state index in [0.29, 0.717) is 0 Å². The van der Waals surface area contributed by atoms with Crippen molar-refractivity contribution in [2.45, 2.75) is 20.5 Å². The van der Waals surface area contributed by atoms with Crippen molar-refractivity contribution in [2.24, 2.45) is 0 Å². The van der Waals surface area contributed by atoms with Gasteiger partial charge < -0.3 is 5.32 Å². The first-order valence-corrected chi connectivity index (χ1v) is 7.79. The third kappa shape index (κ3) is 2.26. The molecule has 7 heteroatoms. The summed E-state index contributed by atoms with van der Waals surface area (Å²) in [5.41, 5.74) is 2.02. The molecule has 108 valence electrons. The molecular weight excluding hydrogens is 350 g/mol. The molecule has 0 bridgehead atoms. The van der Waals surface area contributed by atoms with Gasteiger partial charge in [0.05, 0.1) is 0 Å². The number of hydrogen-bond acceptors (Lipinski definition) is 5. The highest BCUT2D eigenvalue weighted by Crippen LogP contribution is 2.35. The quantitative estimate of drug-likeness (QED) is 0.745. The zero-order valence-electron chi connectivity index (χ0n) is 10.5. The Balaban J connectivity index is 0.00000132. The largest absolute Gasteiger partial charge is 0.327 e. The molecule has 1 aliphatic rings. The summed E-state index contributed by atoms with van der Waals surface area (Å²) < 4.78 is 2.87.